The average Bonchev–Trinajstić information content (AvgIpc) is 2.15. The fraction of sp³-hybridized carbons (Fsp3) is 0.400. The molecule has 2 nitrogen and oxygen atoms in total. The van der Waals surface area contributed by atoms with E-state index in [1.54, 1.807) is 32.2 Å². The van der Waals surface area contributed by atoms with E-state index in [0.29, 0.717) is 5.56 Å². The summed E-state index contributed by atoms with van der Waals surface area (Å²) in [5, 5.41) is 2.83. The van der Waals surface area contributed by atoms with Crippen LogP contribution in [-0.2, 0) is 0 Å². The third kappa shape index (κ3) is 3.69. The van der Waals surface area contributed by atoms with Crippen molar-refractivity contribution in [3.8, 4) is 5.75 Å². The van der Waals surface area contributed by atoms with E-state index in [9.17, 15) is 13.2 Å². The molecule has 0 radical (unpaired) electrons. The zero-order valence-corrected chi connectivity index (χ0v) is 8.48. The number of anilines is 1. The molecule has 1 aromatic carbocycles. The van der Waals surface area contributed by atoms with Gasteiger partial charge in [-0.1, -0.05) is 6.07 Å². The van der Waals surface area contributed by atoms with Crippen molar-refractivity contribution in [2.75, 3.05) is 19.0 Å². The van der Waals surface area contributed by atoms with Gasteiger partial charge in [-0.05, 0) is 18.6 Å². The van der Waals surface area contributed by atoms with Crippen LogP contribution in [0.25, 0.3) is 0 Å². The van der Waals surface area contributed by atoms with Crippen LogP contribution in [0.15, 0.2) is 18.2 Å². The van der Waals surface area contributed by atoms with Crippen LogP contribution in [0.3, 0.4) is 0 Å². The van der Waals surface area contributed by atoms with Gasteiger partial charge in [0.25, 0.3) is 0 Å². The number of benzene rings is 1. The Morgan fingerprint density at radius 2 is 2.00 bits per heavy atom. The predicted octanol–water partition coefficient (Wildman–Crippen LogP) is 2.98. The molecule has 0 fully saturated rings. The Bertz CT molecular complexity index is 336. The third-order valence-corrected chi connectivity index (χ3v) is 1.87. The van der Waals surface area contributed by atoms with Gasteiger partial charge in [0.2, 0.25) is 0 Å². The van der Waals surface area contributed by atoms with Crippen LogP contribution in [-0.4, -0.2) is 19.8 Å². The molecule has 0 heterocycles. The highest BCUT2D eigenvalue weighted by Gasteiger charge is 2.28. The molecule has 0 aliphatic heterocycles. The van der Waals surface area contributed by atoms with Crippen LogP contribution in [0.5, 0.6) is 5.75 Å². The van der Waals surface area contributed by atoms with Gasteiger partial charge >= 0.3 is 6.18 Å². The second-order valence-electron chi connectivity index (χ2n) is 3.13. The molecule has 0 spiro atoms. The molecule has 0 saturated heterocycles. The van der Waals surface area contributed by atoms with Gasteiger partial charge in [0.15, 0.2) is 6.61 Å². The molecule has 84 valence electrons. The molecule has 0 aliphatic carbocycles. The lowest BCUT2D eigenvalue weighted by Crippen LogP contribution is -2.19. The molecule has 1 N–H and O–H groups in total. The maximum absolute atomic E-state index is 11.9. The zero-order chi connectivity index (χ0) is 11.5. The van der Waals surface area contributed by atoms with Crippen LogP contribution in [0.1, 0.15) is 5.56 Å². The van der Waals surface area contributed by atoms with Crippen molar-refractivity contribution in [2.45, 2.75) is 13.1 Å². The Balaban J connectivity index is 2.75. The minimum absolute atomic E-state index is 0.249. The van der Waals surface area contributed by atoms with Crippen molar-refractivity contribution >= 4 is 5.69 Å². The number of halogens is 3. The van der Waals surface area contributed by atoms with E-state index in [1.165, 1.54) is 0 Å². The van der Waals surface area contributed by atoms with Crippen LogP contribution in [0.4, 0.5) is 18.9 Å². The van der Waals surface area contributed by atoms with E-state index in [-0.39, 0.29) is 5.75 Å². The van der Waals surface area contributed by atoms with Crippen LogP contribution in [0.2, 0.25) is 0 Å². The van der Waals surface area contributed by atoms with E-state index >= 15 is 0 Å². The number of alkyl halides is 3. The summed E-state index contributed by atoms with van der Waals surface area (Å²) in [5.74, 6) is 0.249. The Labute approximate surface area is 86.1 Å². The Hall–Kier alpha value is -1.39. The minimum Gasteiger partial charge on any atom is -0.484 e. The topological polar surface area (TPSA) is 21.3 Å². The summed E-state index contributed by atoms with van der Waals surface area (Å²) in [4.78, 5) is 0. The number of hydrogen-bond acceptors (Lipinski definition) is 2. The summed E-state index contributed by atoms with van der Waals surface area (Å²) in [7, 11) is 1.69. The van der Waals surface area contributed by atoms with Crippen LogP contribution >= 0.6 is 0 Å². The maximum atomic E-state index is 11.9. The molecular weight excluding hydrogens is 207 g/mol. The minimum atomic E-state index is -4.30. The fourth-order valence-electron chi connectivity index (χ4n) is 1.07. The van der Waals surface area contributed by atoms with Crippen molar-refractivity contribution in [1.82, 2.24) is 0 Å². The predicted molar refractivity (Wildman–Crippen MR) is 52.3 cm³/mol. The van der Waals surface area contributed by atoms with Crippen molar-refractivity contribution in [3.63, 3.8) is 0 Å². The Morgan fingerprint density at radius 3 is 2.53 bits per heavy atom. The van der Waals surface area contributed by atoms with E-state index in [1.807, 2.05) is 0 Å². The quantitative estimate of drug-likeness (QED) is 0.843. The summed E-state index contributed by atoms with van der Waals surface area (Å²) >= 11 is 0. The van der Waals surface area contributed by atoms with Gasteiger partial charge in [0.1, 0.15) is 5.75 Å². The molecule has 5 heteroatoms. The van der Waals surface area contributed by atoms with Crippen molar-refractivity contribution in [3.05, 3.63) is 23.8 Å². The molecule has 0 aliphatic rings. The lowest BCUT2D eigenvalue weighted by molar-refractivity contribution is -0.153. The lowest BCUT2D eigenvalue weighted by Gasteiger charge is -2.12. The third-order valence-electron chi connectivity index (χ3n) is 1.87. The number of rotatable bonds is 3. The summed E-state index contributed by atoms with van der Waals surface area (Å²) in [6.07, 6.45) is -4.30. The lowest BCUT2D eigenvalue weighted by atomic mass is 10.2. The van der Waals surface area contributed by atoms with E-state index in [2.05, 4.69) is 10.1 Å². The van der Waals surface area contributed by atoms with Gasteiger partial charge < -0.3 is 10.1 Å². The average molecular weight is 219 g/mol. The van der Waals surface area contributed by atoms with Crippen molar-refractivity contribution in [2.24, 2.45) is 0 Å². The standard InChI is InChI=1S/C10H12F3NO/c1-7-3-4-8(14-2)5-9(7)15-6-10(11,12)13/h3-5,14H,6H2,1-2H3. The monoisotopic (exact) mass is 219 g/mol. The molecule has 0 aromatic heterocycles. The molecule has 0 saturated carbocycles. The van der Waals surface area contributed by atoms with Gasteiger partial charge in [0, 0.05) is 18.8 Å². The Kier molecular flexibility index (Phi) is 3.44. The highest BCUT2D eigenvalue weighted by Crippen LogP contribution is 2.24. The van der Waals surface area contributed by atoms with Crippen LogP contribution < -0.4 is 10.1 Å². The summed E-state index contributed by atoms with van der Waals surface area (Å²) in [5.41, 5.74) is 1.40. The number of hydrogen-bond donors (Lipinski definition) is 1. The first kappa shape index (κ1) is 11.7. The van der Waals surface area contributed by atoms with Gasteiger partial charge in [-0.25, -0.2) is 0 Å². The highest BCUT2D eigenvalue weighted by atomic mass is 19.4. The van der Waals surface area contributed by atoms with Gasteiger partial charge in [-0.3, -0.25) is 0 Å². The zero-order valence-electron chi connectivity index (χ0n) is 8.48. The largest absolute Gasteiger partial charge is 0.484 e. The summed E-state index contributed by atoms with van der Waals surface area (Å²) in [6.45, 7) is 0.437. The number of nitrogens with one attached hydrogen (secondary N) is 1. The van der Waals surface area contributed by atoms with Crippen molar-refractivity contribution in [1.29, 1.82) is 0 Å². The number of ether oxygens (including phenoxy) is 1. The maximum Gasteiger partial charge on any atom is 0.422 e. The molecule has 1 aromatic rings. The van der Waals surface area contributed by atoms with Crippen molar-refractivity contribution < 1.29 is 17.9 Å². The molecular formula is C10H12F3NO. The first-order chi connectivity index (χ1) is 6.92. The molecule has 0 amide bonds. The molecule has 1 rings (SSSR count). The van der Waals surface area contributed by atoms with Gasteiger partial charge in [-0.15, -0.1) is 0 Å². The van der Waals surface area contributed by atoms with Gasteiger partial charge in [-0.2, -0.15) is 13.2 Å². The highest BCUT2D eigenvalue weighted by molar-refractivity contribution is 5.51. The van der Waals surface area contributed by atoms with E-state index < -0.39 is 12.8 Å². The fourth-order valence-corrected chi connectivity index (χ4v) is 1.07. The van der Waals surface area contributed by atoms with Crippen LogP contribution in [0, 0.1) is 6.92 Å². The van der Waals surface area contributed by atoms with E-state index in [0.717, 1.165) is 5.69 Å². The first-order valence-electron chi connectivity index (χ1n) is 4.40. The van der Waals surface area contributed by atoms with Gasteiger partial charge in [0.05, 0.1) is 0 Å². The normalized spacial score (nSPS) is 11.3. The number of aryl methyl sites for hydroxylation is 1. The second-order valence-corrected chi connectivity index (χ2v) is 3.13. The Morgan fingerprint density at radius 1 is 1.33 bits per heavy atom. The summed E-state index contributed by atoms with van der Waals surface area (Å²) < 4.78 is 40.4. The first-order valence-corrected chi connectivity index (χ1v) is 4.40. The van der Waals surface area contributed by atoms with E-state index in [4.69, 9.17) is 0 Å². The molecule has 0 unspecified atom stereocenters. The smallest absolute Gasteiger partial charge is 0.422 e. The molecule has 0 bridgehead atoms. The summed E-state index contributed by atoms with van der Waals surface area (Å²) in [6, 6.07) is 5.02. The molecule has 0 atom stereocenters. The molecule has 15 heavy (non-hydrogen) atoms. The second kappa shape index (κ2) is 4.42. The SMILES string of the molecule is CNc1ccc(C)c(OCC(F)(F)F)c1.